The zero-order valence-corrected chi connectivity index (χ0v) is 17.6. The number of imide groups is 2. The van der Waals surface area contributed by atoms with E-state index in [1.54, 1.807) is 66.7 Å². The van der Waals surface area contributed by atoms with Crippen LogP contribution in [0, 0.1) is 5.82 Å². The van der Waals surface area contributed by atoms with Gasteiger partial charge in [-0.05, 0) is 36.4 Å². The number of urea groups is 1. The van der Waals surface area contributed by atoms with Crippen molar-refractivity contribution in [1.29, 1.82) is 0 Å². The summed E-state index contributed by atoms with van der Waals surface area (Å²) in [7, 11) is 1.48. The molecular weight excluding hydrogens is 427 g/mol. The summed E-state index contributed by atoms with van der Waals surface area (Å²) in [4.78, 5) is 38.8. The van der Waals surface area contributed by atoms with Crippen molar-refractivity contribution in [3.05, 3.63) is 95.3 Å². The third-order valence-electron chi connectivity index (χ3n) is 4.98. The summed E-state index contributed by atoms with van der Waals surface area (Å²) in [6.07, 6.45) is 1.33. The minimum atomic E-state index is -0.834. The van der Waals surface area contributed by atoms with Gasteiger partial charge < -0.3 is 9.47 Å². The minimum absolute atomic E-state index is 0.0786. The first-order valence-electron chi connectivity index (χ1n) is 9.98. The third kappa shape index (κ3) is 4.59. The lowest BCUT2D eigenvalue weighted by molar-refractivity contribution is -0.122. The molecule has 0 atom stereocenters. The Morgan fingerprint density at radius 2 is 1.70 bits per heavy atom. The van der Waals surface area contributed by atoms with Crippen molar-refractivity contribution >= 4 is 29.6 Å². The Morgan fingerprint density at radius 1 is 0.970 bits per heavy atom. The average Bonchev–Trinajstić information content (AvgIpc) is 2.82. The molecule has 8 heteroatoms. The van der Waals surface area contributed by atoms with Crippen LogP contribution in [-0.4, -0.2) is 25.0 Å². The highest BCUT2D eigenvalue weighted by molar-refractivity contribution is 6.39. The van der Waals surface area contributed by atoms with Crippen LogP contribution in [0.1, 0.15) is 11.1 Å². The number of ether oxygens (including phenoxy) is 2. The second kappa shape index (κ2) is 9.35. The average molecular weight is 446 g/mol. The minimum Gasteiger partial charge on any atom is -0.497 e. The molecule has 1 saturated heterocycles. The maximum atomic E-state index is 14.0. The first-order valence-corrected chi connectivity index (χ1v) is 9.98. The van der Waals surface area contributed by atoms with E-state index in [1.807, 2.05) is 0 Å². The summed E-state index contributed by atoms with van der Waals surface area (Å²) >= 11 is 0. The molecule has 33 heavy (non-hydrogen) atoms. The van der Waals surface area contributed by atoms with Crippen molar-refractivity contribution in [2.75, 3.05) is 12.0 Å². The fraction of sp³-hybridized carbons (Fsp3) is 0.0800. The fourth-order valence-electron chi connectivity index (χ4n) is 3.28. The maximum absolute atomic E-state index is 14.0. The number of para-hydroxylation sites is 1. The SMILES string of the molecule is COc1ccc(/C=C2\C(=O)NC(=O)N(c3ccccc3)C2=O)c(OCc2ccccc2F)c1. The second-order valence-electron chi connectivity index (χ2n) is 7.08. The van der Waals surface area contributed by atoms with Crippen molar-refractivity contribution in [3.63, 3.8) is 0 Å². The Labute approximate surface area is 189 Å². The molecular formula is C25H19FN2O5. The van der Waals surface area contributed by atoms with Gasteiger partial charge in [0.2, 0.25) is 0 Å². The number of benzene rings is 3. The molecule has 4 rings (SSSR count). The lowest BCUT2D eigenvalue weighted by Crippen LogP contribution is -2.54. The fourth-order valence-corrected chi connectivity index (χ4v) is 3.28. The van der Waals surface area contributed by atoms with Gasteiger partial charge in [-0.1, -0.05) is 36.4 Å². The number of halogens is 1. The number of rotatable bonds is 6. The van der Waals surface area contributed by atoms with Crippen LogP contribution in [0.2, 0.25) is 0 Å². The number of methoxy groups -OCH3 is 1. The van der Waals surface area contributed by atoms with Gasteiger partial charge in [0.1, 0.15) is 29.5 Å². The smallest absolute Gasteiger partial charge is 0.335 e. The molecule has 166 valence electrons. The van der Waals surface area contributed by atoms with Crippen molar-refractivity contribution in [3.8, 4) is 11.5 Å². The van der Waals surface area contributed by atoms with Crippen molar-refractivity contribution in [2.45, 2.75) is 6.61 Å². The molecule has 0 radical (unpaired) electrons. The van der Waals surface area contributed by atoms with Crippen LogP contribution in [0.15, 0.2) is 78.4 Å². The van der Waals surface area contributed by atoms with Crippen LogP contribution in [0.25, 0.3) is 6.08 Å². The van der Waals surface area contributed by atoms with Crippen LogP contribution in [0.3, 0.4) is 0 Å². The topological polar surface area (TPSA) is 84.9 Å². The summed E-state index contributed by atoms with van der Waals surface area (Å²) in [5, 5.41) is 2.18. The van der Waals surface area contributed by atoms with Gasteiger partial charge in [-0.2, -0.15) is 0 Å². The number of nitrogens with zero attached hydrogens (tertiary/aromatic N) is 1. The van der Waals surface area contributed by atoms with E-state index >= 15 is 0 Å². The Morgan fingerprint density at radius 3 is 2.42 bits per heavy atom. The summed E-state index contributed by atoms with van der Waals surface area (Å²) in [6.45, 7) is -0.0786. The number of hydrogen-bond acceptors (Lipinski definition) is 5. The molecule has 0 aliphatic carbocycles. The number of hydrogen-bond donors (Lipinski definition) is 1. The summed E-state index contributed by atoms with van der Waals surface area (Å²) in [5.41, 5.74) is 0.794. The van der Waals surface area contributed by atoms with Gasteiger partial charge >= 0.3 is 6.03 Å². The van der Waals surface area contributed by atoms with E-state index in [9.17, 15) is 18.8 Å². The summed E-state index contributed by atoms with van der Waals surface area (Å²) in [5.74, 6) is -1.27. The Kier molecular flexibility index (Phi) is 6.17. The molecule has 0 unspecified atom stereocenters. The lowest BCUT2D eigenvalue weighted by Gasteiger charge is -2.26. The van der Waals surface area contributed by atoms with Crippen LogP contribution in [-0.2, 0) is 16.2 Å². The monoisotopic (exact) mass is 446 g/mol. The third-order valence-corrected chi connectivity index (χ3v) is 4.98. The number of amides is 4. The molecule has 4 amide bonds. The van der Waals surface area contributed by atoms with Crippen LogP contribution >= 0.6 is 0 Å². The Balaban J connectivity index is 1.69. The van der Waals surface area contributed by atoms with Gasteiger partial charge in [0.05, 0.1) is 12.8 Å². The standard InChI is InChI=1S/C25H19FN2O5/c1-32-19-12-11-16(22(14-19)33-15-17-7-5-6-10-21(17)26)13-20-23(29)27-25(31)28(24(20)30)18-8-3-2-4-9-18/h2-14H,15H2,1H3,(H,27,29,31)/b20-13+. The molecule has 0 saturated carbocycles. The number of carbonyl (C=O) groups excluding carboxylic acids is 3. The quantitative estimate of drug-likeness (QED) is 0.456. The normalized spacial score (nSPS) is 14.9. The lowest BCUT2D eigenvalue weighted by atomic mass is 10.1. The van der Waals surface area contributed by atoms with Crippen molar-refractivity contribution < 1.29 is 28.2 Å². The molecule has 1 fully saturated rings. The summed E-state index contributed by atoms with van der Waals surface area (Å²) < 4.78 is 25.0. The van der Waals surface area contributed by atoms with E-state index in [-0.39, 0.29) is 17.9 Å². The van der Waals surface area contributed by atoms with E-state index in [0.717, 1.165) is 4.90 Å². The number of carbonyl (C=O) groups is 3. The molecule has 3 aromatic carbocycles. The van der Waals surface area contributed by atoms with Crippen LogP contribution in [0.4, 0.5) is 14.9 Å². The van der Waals surface area contributed by atoms with Gasteiger partial charge in [-0.25, -0.2) is 14.1 Å². The maximum Gasteiger partial charge on any atom is 0.335 e. The zero-order valence-electron chi connectivity index (χ0n) is 17.6. The first-order chi connectivity index (χ1) is 16.0. The van der Waals surface area contributed by atoms with Gasteiger partial charge in [0, 0.05) is 17.2 Å². The molecule has 0 aromatic heterocycles. The largest absolute Gasteiger partial charge is 0.497 e. The molecule has 1 aliphatic heterocycles. The molecule has 1 heterocycles. The van der Waals surface area contributed by atoms with E-state index in [0.29, 0.717) is 22.6 Å². The molecule has 1 aliphatic rings. The van der Waals surface area contributed by atoms with Gasteiger partial charge in [0.25, 0.3) is 11.8 Å². The van der Waals surface area contributed by atoms with Gasteiger partial charge in [0.15, 0.2) is 0 Å². The van der Waals surface area contributed by atoms with Crippen LogP contribution < -0.4 is 19.7 Å². The molecule has 1 N–H and O–H groups in total. The molecule has 3 aromatic rings. The summed E-state index contributed by atoms with van der Waals surface area (Å²) in [6, 6.07) is 18.4. The zero-order chi connectivity index (χ0) is 23.4. The van der Waals surface area contributed by atoms with Gasteiger partial charge in [-0.15, -0.1) is 0 Å². The molecule has 0 bridgehead atoms. The number of nitrogens with one attached hydrogen (secondary N) is 1. The first kappa shape index (κ1) is 21.8. The van der Waals surface area contributed by atoms with Crippen molar-refractivity contribution in [1.82, 2.24) is 5.32 Å². The van der Waals surface area contributed by atoms with E-state index in [2.05, 4.69) is 5.32 Å². The number of anilines is 1. The Hall–Kier alpha value is -4.46. The van der Waals surface area contributed by atoms with E-state index in [4.69, 9.17) is 9.47 Å². The number of barbiturate groups is 1. The predicted molar refractivity (Wildman–Crippen MR) is 119 cm³/mol. The van der Waals surface area contributed by atoms with Gasteiger partial charge in [-0.3, -0.25) is 14.9 Å². The van der Waals surface area contributed by atoms with Crippen LogP contribution in [0.5, 0.6) is 11.5 Å². The highest BCUT2D eigenvalue weighted by Crippen LogP contribution is 2.29. The van der Waals surface area contributed by atoms with E-state index < -0.39 is 23.7 Å². The second-order valence-corrected chi connectivity index (χ2v) is 7.08. The molecule has 7 nitrogen and oxygen atoms in total. The van der Waals surface area contributed by atoms with Crippen molar-refractivity contribution in [2.24, 2.45) is 0 Å². The van der Waals surface area contributed by atoms with E-state index in [1.165, 1.54) is 19.3 Å². The predicted octanol–water partition coefficient (Wildman–Crippen LogP) is 4.08. The molecule has 0 spiro atoms. The highest BCUT2D eigenvalue weighted by atomic mass is 19.1. The Bertz CT molecular complexity index is 1260. The highest BCUT2D eigenvalue weighted by Gasteiger charge is 2.36.